The van der Waals surface area contributed by atoms with Crippen molar-refractivity contribution in [2.24, 2.45) is 0 Å². The van der Waals surface area contributed by atoms with Crippen molar-refractivity contribution in [1.82, 2.24) is 9.88 Å². The number of pyridine rings is 1. The van der Waals surface area contributed by atoms with Gasteiger partial charge >= 0.3 is 0 Å². The third-order valence-corrected chi connectivity index (χ3v) is 8.14. The Morgan fingerprint density at radius 1 is 1.42 bits per heavy atom. The van der Waals surface area contributed by atoms with Crippen molar-refractivity contribution in [3.05, 3.63) is 22.4 Å². The number of fused-ring (bicyclic) bond motifs is 1. The molecule has 2 aliphatic rings. The van der Waals surface area contributed by atoms with E-state index in [-0.39, 0.29) is 23.5 Å². The van der Waals surface area contributed by atoms with Gasteiger partial charge in [-0.2, -0.15) is 5.26 Å². The van der Waals surface area contributed by atoms with Crippen molar-refractivity contribution in [2.75, 3.05) is 18.6 Å². The SMILES string of the molecule is Cc1c(C#N)c(S[C@H](C)C(=O)N(C)[C@H]2CCS(=O)(=O)C2)nc2c1CCC2. The first-order valence-electron chi connectivity index (χ1n) is 8.79. The first-order chi connectivity index (χ1) is 12.2. The van der Waals surface area contributed by atoms with Gasteiger partial charge in [-0.1, -0.05) is 11.8 Å². The monoisotopic (exact) mass is 393 g/mol. The third kappa shape index (κ3) is 3.60. The normalized spacial score (nSPS) is 21.8. The number of aromatic nitrogens is 1. The Morgan fingerprint density at radius 3 is 2.77 bits per heavy atom. The molecule has 0 saturated carbocycles. The number of amides is 1. The minimum atomic E-state index is -3.04. The molecule has 1 saturated heterocycles. The fourth-order valence-electron chi connectivity index (χ4n) is 3.73. The second-order valence-corrected chi connectivity index (χ2v) is 10.6. The molecular formula is C18H23N3O3S2. The first-order valence-corrected chi connectivity index (χ1v) is 11.5. The minimum Gasteiger partial charge on any atom is -0.341 e. The highest BCUT2D eigenvalue weighted by Gasteiger charge is 2.34. The van der Waals surface area contributed by atoms with Gasteiger partial charge in [0.1, 0.15) is 11.1 Å². The van der Waals surface area contributed by atoms with E-state index in [9.17, 15) is 18.5 Å². The van der Waals surface area contributed by atoms with Gasteiger partial charge in [-0.15, -0.1) is 0 Å². The molecule has 1 aliphatic heterocycles. The molecular weight excluding hydrogens is 370 g/mol. The van der Waals surface area contributed by atoms with Crippen molar-refractivity contribution < 1.29 is 13.2 Å². The van der Waals surface area contributed by atoms with Gasteiger partial charge in [0.25, 0.3) is 0 Å². The summed E-state index contributed by atoms with van der Waals surface area (Å²) >= 11 is 1.30. The van der Waals surface area contributed by atoms with Crippen LogP contribution in [0.5, 0.6) is 0 Å². The second kappa shape index (κ2) is 7.20. The number of thioether (sulfide) groups is 1. The first kappa shape index (κ1) is 19.2. The number of carbonyl (C=O) groups is 1. The van der Waals surface area contributed by atoms with Crippen molar-refractivity contribution in [2.45, 2.75) is 55.8 Å². The van der Waals surface area contributed by atoms with Crippen LogP contribution in [0.1, 0.15) is 42.1 Å². The van der Waals surface area contributed by atoms with Crippen LogP contribution in [-0.4, -0.2) is 54.1 Å². The quantitative estimate of drug-likeness (QED) is 0.726. The van der Waals surface area contributed by atoms with E-state index in [1.54, 1.807) is 18.9 Å². The van der Waals surface area contributed by atoms with Crippen LogP contribution in [0, 0.1) is 18.3 Å². The van der Waals surface area contributed by atoms with Gasteiger partial charge in [0, 0.05) is 18.8 Å². The van der Waals surface area contributed by atoms with Crippen LogP contribution in [0.3, 0.4) is 0 Å². The number of hydrogen-bond donors (Lipinski definition) is 0. The fraction of sp³-hybridized carbons (Fsp3) is 0.611. The number of sulfone groups is 1. The van der Waals surface area contributed by atoms with Crippen molar-refractivity contribution in [3.8, 4) is 6.07 Å². The maximum absolute atomic E-state index is 12.8. The highest BCUT2D eigenvalue weighted by molar-refractivity contribution is 8.00. The Labute approximate surface area is 158 Å². The molecule has 26 heavy (non-hydrogen) atoms. The molecule has 2 atom stereocenters. The predicted molar refractivity (Wildman–Crippen MR) is 101 cm³/mol. The average molecular weight is 394 g/mol. The summed E-state index contributed by atoms with van der Waals surface area (Å²) in [6.07, 6.45) is 3.41. The van der Waals surface area contributed by atoms with Crippen LogP contribution in [0.25, 0.3) is 0 Å². The van der Waals surface area contributed by atoms with Crippen LogP contribution < -0.4 is 0 Å². The summed E-state index contributed by atoms with van der Waals surface area (Å²) in [7, 11) is -1.37. The van der Waals surface area contributed by atoms with Gasteiger partial charge in [-0.25, -0.2) is 13.4 Å². The number of nitrogens with zero attached hydrogens (tertiary/aromatic N) is 3. The molecule has 8 heteroatoms. The molecule has 1 fully saturated rings. The predicted octanol–water partition coefficient (Wildman–Crippen LogP) is 1.88. The van der Waals surface area contributed by atoms with Crippen LogP contribution in [0.2, 0.25) is 0 Å². The lowest BCUT2D eigenvalue weighted by Crippen LogP contribution is -2.41. The lowest BCUT2D eigenvalue weighted by atomic mass is 10.0. The Balaban J connectivity index is 1.78. The van der Waals surface area contributed by atoms with Crippen molar-refractivity contribution in [1.29, 1.82) is 5.26 Å². The standard InChI is InChI=1S/C18H23N3O3S2/c1-11-14-5-4-6-16(14)20-17(15(11)9-19)25-12(2)18(22)21(3)13-7-8-26(23,24)10-13/h12-13H,4-8,10H2,1-3H3/t12-,13+/m1/s1. The molecule has 6 nitrogen and oxygen atoms in total. The number of rotatable bonds is 4. The van der Waals surface area contributed by atoms with E-state index in [0.29, 0.717) is 17.0 Å². The minimum absolute atomic E-state index is 0.0340. The molecule has 1 aromatic rings. The third-order valence-electron chi connectivity index (χ3n) is 5.32. The summed E-state index contributed by atoms with van der Waals surface area (Å²) in [4.78, 5) is 19.0. The van der Waals surface area contributed by atoms with Crippen molar-refractivity contribution in [3.63, 3.8) is 0 Å². The molecule has 140 valence electrons. The van der Waals surface area contributed by atoms with E-state index in [4.69, 9.17) is 0 Å². The smallest absolute Gasteiger partial charge is 0.235 e. The second-order valence-electron chi connectivity index (χ2n) is 7.07. The summed E-state index contributed by atoms with van der Waals surface area (Å²) in [5.74, 6) is 0.0497. The molecule has 0 aromatic carbocycles. The summed E-state index contributed by atoms with van der Waals surface area (Å²) in [5, 5.41) is 9.74. The van der Waals surface area contributed by atoms with Crippen LogP contribution >= 0.6 is 11.8 Å². The van der Waals surface area contributed by atoms with Crippen molar-refractivity contribution >= 4 is 27.5 Å². The Bertz CT molecular complexity index is 890. The molecule has 2 heterocycles. The van der Waals surface area contributed by atoms with Crippen LogP contribution in [0.15, 0.2) is 5.03 Å². The van der Waals surface area contributed by atoms with Gasteiger partial charge in [0.05, 0.1) is 22.3 Å². The molecule has 0 radical (unpaired) electrons. The van der Waals surface area contributed by atoms with E-state index in [1.807, 2.05) is 6.92 Å². The zero-order chi connectivity index (χ0) is 19.1. The number of nitriles is 1. The highest BCUT2D eigenvalue weighted by Crippen LogP contribution is 2.34. The van der Waals surface area contributed by atoms with E-state index in [0.717, 1.165) is 30.5 Å². The molecule has 0 unspecified atom stereocenters. The van der Waals surface area contributed by atoms with Crippen LogP contribution in [-0.2, 0) is 27.5 Å². The zero-order valence-corrected chi connectivity index (χ0v) is 16.9. The fourth-order valence-corrected chi connectivity index (χ4v) is 6.58. The number of carbonyl (C=O) groups excluding carboxylic acids is 1. The largest absolute Gasteiger partial charge is 0.341 e. The summed E-state index contributed by atoms with van der Waals surface area (Å²) in [6, 6.07) is 1.98. The van der Waals surface area contributed by atoms with Gasteiger partial charge in [-0.05, 0) is 50.7 Å². The molecule has 1 aliphatic carbocycles. The summed E-state index contributed by atoms with van der Waals surface area (Å²) < 4.78 is 23.3. The maximum atomic E-state index is 12.8. The van der Waals surface area contributed by atoms with Gasteiger partial charge in [-0.3, -0.25) is 4.79 Å². The Morgan fingerprint density at radius 2 is 2.15 bits per heavy atom. The van der Waals surface area contributed by atoms with E-state index in [1.165, 1.54) is 17.3 Å². The van der Waals surface area contributed by atoms with E-state index < -0.39 is 15.1 Å². The Kier molecular flexibility index (Phi) is 5.31. The van der Waals surface area contributed by atoms with E-state index in [2.05, 4.69) is 11.1 Å². The lowest BCUT2D eigenvalue weighted by molar-refractivity contribution is -0.130. The average Bonchev–Trinajstić information content (AvgIpc) is 3.20. The molecule has 1 aromatic heterocycles. The highest BCUT2D eigenvalue weighted by atomic mass is 32.2. The van der Waals surface area contributed by atoms with Crippen LogP contribution in [0.4, 0.5) is 0 Å². The summed E-state index contributed by atoms with van der Waals surface area (Å²) in [5.41, 5.74) is 3.76. The topological polar surface area (TPSA) is 91.1 Å². The molecule has 3 rings (SSSR count). The molecule has 0 N–H and O–H groups in total. The van der Waals surface area contributed by atoms with E-state index >= 15 is 0 Å². The molecule has 1 amide bonds. The maximum Gasteiger partial charge on any atom is 0.235 e. The van der Waals surface area contributed by atoms with Gasteiger partial charge in [0.15, 0.2) is 9.84 Å². The lowest BCUT2D eigenvalue weighted by Gasteiger charge is -2.26. The van der Waals surface area contributed by atoms with Gasteiger partial charge in [0.2, 0.25) is 5.91 Å². The number of hydrogen-bond acceptors (Lipinski definition) is 6. The molecule has 0 spiro atoms. The summed E-state index contributed by atoms with van der Waals surface area (Å²) in [6.45, 7) is 3.74. The van der Waals surface area contributed by atoms with Gasteiger partial charge < -0.3 is 4.90 Å². The number of aryl methyl sites for hydroxylation is 1. The Hall–Kier alpha value is -1.59. The zero-order valence-electron chi connectivity index (χ0n) is 15.3. The molecule has 0 bridgehead atoms.